The molecule has 1 aliphatic heterocycles. The zero-order valence-electron chi connectivity index (χ0n) is 7.00. The molecule has 3 nitrogen and oxygen atoms in total. The second-order valence-electron chi connectivity index (χ2n) is 2.85. The molecule has 1 aliphatic rings. The van der Waals surface area contributed by atoms with Gasteiger partial charge in [-0.25, -0.2) is 9.97 Å². The van der Waals surface area contributed by atoms with Crippen molar-refractivity contribution in [3.8, 4) is 0 Å². The van der Waals surface area contributed by atoms with Crippen molar-refractivity contribution >= 4 is 11.8 Å². The highest BCUT2D eigenvalue weighted by Crippen LogP contribution is 2.29. The van der Waals surface area contributed by atoms with Crippen LogP contribution in [0.5, 0.6) is 0 Å². The molecule has 0 spiro atoms. The molecule has 0 saturated carbocycles. The van der Waals surface area contributed by atoms with Crippen LogP contribution in [0.3, 0.4) is 0 Å². The molecule has 0 fully saturated rings. The number of rotatable bonds is 1. The molecule has 0 atom stereocenters. The number of hydrogen-bond donors (Lipinski definition) is 1. The first-order chi connectivity index (χ1) is 5.81. The highest BCUT2D eigenvalue weighted by Gasteiger charge is 2.16. The van der Waals surface area contributed by atoms with Crippen molar-refractivity contribution in [2.24, 2.45) is 5.73 Å². The van der Waals surface area contributed by atoms with E-state index in [1.807, 2.05) is 18.7 Å². The molecule has 0 bridgehead atoms. The Hall–Kier alpha value is -0.610. The predicted octanol–water partition coefficient (Wildman–Crippen LogP) is 0.991. The number of nitrogens with zero attached hydrogens (tertiary/aromatic N) is 2. The zero-order valence-corrected chi connectivity index (χ0v) is 7.82. The summed E-state index contributed by atoms with van der Waals surface area (Å²) in [6.07, 6.45) is 0. The molecule has 0 aromatic carbocycles. The molecule has 64 valence electrons. The number of aryl methyl sites for hydroxylation is 1. The molecule has 0 aliphatic carbocycles. The molecule has 1 aromatic heterocycles. The smallest absolute Gasteiger partial charge is 0.142 e. The third kappa shape index (κ3) is 1.21. The Morgan fingerprint density at radius 1 is 1.42 bits per heavy atom. The van der Waals surface area contributed by atoms with Crippen LogP contribution in [-0.4, -0.2) is 9.97 Å². The van der Waals surface area contributed by atoms with E-state index in [1.165, 1.54) is 11.3 Å². The maximum Gasteiger partial charge on any atom is 0.142 e. The average Bonchev–Trinajstić information content (AvgIpc) is 2.52. The number of fused-ring (bicyclic) bond motifs is 1. The minimum atomic E-state index is 0.443. The lowest BCUT2D eigenvalue weighted by Crippen LogP contribution is -2.07. The van der Waals surface area contributed by atoms with E-state index in [-0.39, 0.29) is 0 Å². The lowest BCUT2D eigenvalue weighted by molar-refractivity contribution is 0.861. The monoisotopic (exact) mass is 181 g/mol. The molecule has 2 heterocycles. The van der Waals surface area contributed by atoms with E-state index in [9.17, 15) is 0 Å². The highest BCUT2D eigenvalue weighted by atomic mass is 32.2. The van der Waals surface area contributed by atoms with E-state index in [0.717, 1.165) is 23.0 Å². The summed E-state index contributed by atoms with van der Waals surface area (Å²) in [7, 11) is 0. The van der Waals surface area contributed by atoms with Gasteiger partial charge in [0.25, 0.3) is 0 Å². The fourth-order valence-corrected chi connectivity index (χ4v) is 2.48. The van der Waals surface area contributed by atoms with E-state index in [0.29, 0.717) is 6.54 Å². The van der Waals surface area contributed by atoms with Gasteiger partial charge in [0, 0.05) is 22.8 Å². The molecule has 4 heteroatoms. The fraction of sp³-hybridized carbons (Fsp3) is 0.500. The third-order valence-corrected chi connectivity index (χ3v) is 2.98. The highest BCUT2D eigenvalue weighted by molar-refractivity contribution is 7.98. The van der Waals surface area contributed by atoms with Crippen LogP contribution < -0.4 is 5.73 Å². The molecule has 12 heavy (non-hydrogen) atoms. The Bertz CT molecular complexity index is 311. The second kappa shape index (κ2) is 3.03. The van der Waals surface area contributed by atoms with Gasteiger partial charge >= 0.3 is 0 Å². The average molecular weight is 181 g/mol. The summed E-state index contributed by atoms with van der Waals surface area (Å²) in [5.41, 5.74) is 9.09. The van der Waals surface area contributed by atoms with Gasteiger partial charge in [-0.05, 0) is 6.92 Å². The van der Waals surface area contributed by atoms with Gasteiger partial charge in [0.05, 0.1) is 12.2 Å². The van der Waals surface area contributed by atoms with Crippen molar-refractivity contribution < 1.29 is 0 Å². The predicted molar refractivity (Wildman–Crippen MR) is 49.7 cm³/mol. The van der Waals surface area contributed by atoms with Crippen molar-refractivity contribution in [2.75, 3.05) is 0 Å². The molecular weight excluding hydrogens is 170 g/mol. The summed E-state index contributed by atoms with van der Waals surface area (Å²) in [4.78, 5) is 8.69. The Morgan fingerprint density at radius 3 is 3.00 bits per heavy atom. The van der Waals surface area contributed by atoms with Crippen LogP contribution in [0.15, 0.2) is 0 Å². The summed E-state index contributed by atoms with van der Waals surface area (Å²) >= 11 is 1.89. The Kier molecular flexibility index (Phi) is 2.02. The molecule has 0 amide bonds. The van der Waals surface area contributed by atoms with E-state index >= 15 is 0 Å². The summed E-state index contributed by atoms with van der Waals surface area (Å²) < 4.78 is 0. The van der Waals surface area contributed by atoms with E-state index in [2.05, 4.69) is 9.97 Å². The van der Waals surface area contributed by atoms with Crippen molar-refractivity contribution in [1.82, 2.24) is 9.97 Å². The second-order valence-corrected chi connectivity index (χ2v) is 3.83. The molecular formula is C8H11N3S. The van der Waals surface area contributed by atoms with Gasteiger partial charge in [-0.2, -0.15) is 11.8 Å². The van der Waals surface area contributed by atoms with Crippen LogP contribution in [-0.2, 0) is 18.1 Å². The summed E-state index contributed by atoms with van der Waals surface area (Å²) in [5, 5.41) is 0. The van der Waals surface area contributed by atoms with Gasteiger partial charge in [-0.1, -0.05) is 0 Å². The van der Waals surface area contributed by atoms with Gasteiger partial charge in [-0.3, -0.25) is 0 Å². The molecule has 2 rings (SSSR count). The number of nitrogens with two attached hydrogens (primary N) is 1. The van der Waals surface area contributed by atoms with Gasteiger partial charge in [0.15, 0.2) is 0 Å². The lowest BCUT2D eigenvalue weighted by atomic mass is 10.2. The van der Waals surface area contributed by atoms with Gasteiger partial charge in [0.1, 0.15) is 5.82 Å². The van der Waals surface area contributed by atoms with Crippen LogP contribution in [0.1, 0.15) is 22.8 Å². The third-order valence-electron chi connectivity index (χ3n) is 2.01. The summed E-state index contributed by atoms with van der Waals surface area (Å²) in [6.45, 7) is 2.48. The van der Waals surface area contributed by atoms with Crippen LogP contribution in [0.4, 0.5) is 0 Å². The Labute approximate surface area is 75.8 Å². The largest absolute Gasteiger partial charge is 0.324 e. The first-order valence-electron chi connectivity index (χ1n) is 3.94. The fourth-order valence-electron chi connectivity index (χ4n) is 1.37. The minimum Gasteiger partial charge on any atom is -0.324 e. The maximum absolute atomic E-state index is 5.48. The van der Waals surface area contributed by atoms with Crippen LogP contribution in [0.25, 0.3) is 0 Å². The minimum absolute atomic E-state index is 0.443. The number of thioether (sulfide) groups is 1. The van der Waals surface area contributed by atoms with Gasteiger partial charge in [-0.15, -0.1) is 0 Å². The van der Waals surface area contributed by atoms with Crippen molar-refractivity contribution in [3.63, 3.8) is 0 Å². The summed E-state index contributed by atoms with van der Waals surface area (Å²) in [5.74, 6) is 2.85. The van der Waals surface area contributed by atoms with Crippen molar-refractivity contribution in [1.29, 1.82) is 0 Å². The van der Waals surface area contributed by atoms with Gasteiger partial charge < -0.3 is 5.73 Å². The molecule has 1 aromatic rings. The number of hydrogen-bond acceptors (Lipinski definition) is 4. The SMILES string of the molecule is Cc1nc(CN)nc2c1CSC2. The van der Waals surface area contributed by atoms with Crippen LogP contribution in [0.2, 0.25) is 0 Å². The van der Waals surface area contributed by atoms with Crippen molar-refractivity contribution in [2.45, 2.75) is 25.0 Å². The van der Waals surface area contributed by atoms with Crippen molar-refractivity contribution in [3.05, 3.63) is 22.8 Å². The first kappa shape index (κ1) is 8.01. The normalized spacial score (nSPS) is 14.8. The number of aromatic nitrogens is 2. The zero-order chi connectivity index (χ0) is 8.55. The van der Waals surface area contributed by atoms with Crippen LogP contribution in [0, 0.1) is 6.92 Å². The van der Waals surface area contributed by atoms with E-state index < -0.39 is 0 Å². The maximum atomic E-state index is 5.48. The first-order valence-corrected chi connectivity index (χ1v) is 5.10. The molecule has 0 saturated heterocycles. The van der Waals surface area contributed by atoms with E-state index in [4.69, 9.17) is 5.73 Å². The lowest BCUT2D eigenvalue weighted by Gasteiger charge is -2.03. The Morgan fingerprint density at radius 2 is 2.25 bits per heavy atom. The van der Waals surface area contributed by atoms with Gasteiger partial charge in [0.2, 0.25) is 0 Å². The summed E-state index contributed by atoms with van der Waals surface area (Å²) in [6, 6.07) is 0. The molecule has 0 unspecified atom stereocenters. The topological polar surface area (TPSA) is 51.8 Å². The standard InChI is InChI=1S/C8H11N3S/c1-5-6-3-12-4-7(6)11-8(2-9)10-5/h2-4,9H2,1H3. The van der Waals surface area contributed by atoms with E-state index in [1.54, 1.807) is 0 Å². The quantitative estimate of drug-likeness (QED) is 0.702. The van der Waals surface area contributed by atoms with Crippen LogP contribution >= 0.6 is 11.8 Å². The molecule has 2 N–H and O–H groups in total. The molecule has 0 radical (unpaired) electrons. The Balaban J connectivity index is 2.51.